The second kappa shape index (κ2) is 8.49. The lowest BCUT2D eigenvalue weighted by Crippen LogP contribution is -2.20. The van der Waals surface area contributed by atoms with Gasteiger partial charge in [-0.25, -0.2) is 5.43 Å². The number of amides is 1. The number of rotatable bonds is 8. The number of alkyl halides is 3. The van der Waals surface area contributed by atoms with Crippen molar-refractivity contribution in [3.05, 3.63) is 29.3 Å². The number of ether oxygens (including phenoxy) is 1. The number of nitrogens with zero attached hydrogens (tertiary/aromatic N) is 1. The van der Waals surface area contributed by atoms with Crippen LogP contribution in [0.1, 0.15) is 18.1 Å². The van der Waals surface area contributed by atoms with E-state index in [4.69, 9.17) is 4.74 Å². The van der Waals surface area contributed by atoms with Gasteiger partial charge in [0.25, 0.3) is 0 Å². The number of hydrogen-bond acceptors (Lipinski definition) is 5. The van der Waals surface area contributed by atoms with Crippen LogP contribution in [0.5, 0.6) is 0 Å². The molecule has 0 aliphatic heterocycles. The highest BCUT2D eigenvalue weighted by Crippen LogP contribution is 2.35. The number of hydrazone groups is 1. The van der Waals surface area contributed by atoms with Gasteiger partial charge in [0, 0.05) is 24.9 Å². The lowest BCUT2D eigenvalue weighted by molar-refractivity contribution is -0.137. The second-order valence-electron chi connectivity index (χ2n) is 4.73. The zero-order chi connectivity index (χ0) is 17.5. The molecular formula is C14H18F3N3O3. The summed E-state index contributed by atoms with van der Waals surface area (Å²) < 4.78 is 44.5. The van der Waals surface area contributed by atoms with Gasteiger partial charge in [-0.15, -0.1) is 0 Å². The normalized spacial score (nSPS) is 13.6. The number of methoxy groups -OCH3 is 1. The first-order valence-electron chi connectivity index (χ1n) is 6.67. The van der Waals surface area contributed by atoms with Gasteiger partial charge in [0.15, 0.2) is 0 Å². The summed E-state index contributed by atoms with van der Waals surface area (Å²) in [5.74, 6) is 0. The Morgan fingerprint density at radius 1 is 1.48 bits per heavy atom. The number of halogens is 3. The molecule has 6 nitrogen and oxygen atoms in total. The third kappa shape index (κ3) is 5.87. The molecule has 1 unspecified atom stereocenters. The molecule has 0 saturated carbocycles. The van der Waals surface area contributed by atoms with E-state index in [1.165, 1.54) is 26.2 Å². The smallest absolute Gasteiger partial charge is 0.392 e. The summed E-state index contributed by atoms with van der Waals surface area (Å²) in [5.41, 5.74) is 1.30. The molecule has 3 N–H and O–H groups in total. The minimum absolute atomic E-state index is 0.0197. The van der Waals surface area contributed by atoms with E-state index in [0.29, 0.717) is 6.41 Å². The van der Waals surface area contributed by atoms with Crippen LogP contribution in [0.2, 0.25) is 0 Å². The second-order valence-corrected chi connectivity index (χ2v) is 4.73. The van der Waals surface area contributed by atoms with Crippen LogP contribution in [0.15, 0.2) is 23.3 Å². The number of carbonyl (C=O) groups excluding carboxylic acids is 1. The van der Waals surface area contributed by atoms with E-state index < -0.39 is 17.8 Å². The molecule has 23 heavy (non-hydrogen) atoms. The summed E-state index contributed by atoms with van der Waals surface area (Å²) in [5, 5.41) is 15.4. The van der Waals surface area contributed by atoms with Gasteiger partial charge in [0.2, 0.25) is 6.41 Å². The van der Waals surface area contributed by atoms with Gasteiger partial charge in [0.05, 0.1) is 24.0 Å². The number of benzene rings is 1. The number of hydrogen-bond donors (Lipinski definition) is 3. The molecule has 0 spiro atoms. The van der Waals surface area contributed by atoms with Gasteiger partial charge in [0.1, 0.15) is 0 Å². The monoisotopic (exact) mass is 333 g/mol. The molecule has 0 bridgehead atoms. The van der Waals surface area contributed by atoms with Gasteiger partial charge in [-0.05, 0) is 19.1 Å². The lowest BCUT2D eigenvalue weighted by atomic mass is 10.0. The van der Waals surface area contributed by atoms with E-state index >= 15 is 0 Å². The molecule has 1 aromatic rings. The van der Waals surface area contributed by atoms with Crippen molar-refractivity contribution in [2.24, 2.45) is 5.10 Å². The average Bonchev–Trinajstić information content (AvgIpc) is 2.48. The maximum Gasteiger partial charge on any atom is 0.418 e. The summed E-state index contributed by atoms with van der Waals surface area (Å²) in [7, 11) is 1.36. The predicted molar refractivity (Wildman–Crippen MR) is 79.2 cm³/mol. The number of aliphatic hydroxyl groups excluding tert-OH is 1. The molecule has 1 atom stereocenters. The molecule has 0 aromatic heterocycles. The van der Waals surface area contributed by atoms with Gasteiger partial charge >= 0.3 is 6.18 Å². The predicted octanol–water partition coefficient (Wildman–Crippen LogP) is 1.59. The molecule has 9 heteroatoms. The number of nitrogens with one attached hydrogen (secondary N) is 2. The maximum absolute atomic E-state index is 13.2. The fourth-order valence-corrected chi connectivity index (χ4v) is 1.79. The van der Waals surface area contributed by atoms with Crippen molar-refractivity contribution >= 4 is 17.8 Å². The first-order valence-corrected chi connectivity index (χ1v) is 6.67. The molecule has 0 heterocycles. The van der Waals surface area contributed by atoms with Crippen molar-refractivity contribution < 1.29 is 27.8 Å². The molecule has 128 valence electrons. The highest BCUT2D eigenvalue weighted by Gasteiger charge is 2.34. The maximum atomic E-state index is 13.2. The molecular weight excluding hydrogens is 315 g/mol. The molecule has 0 radical (unpaired) electrons. The number of carbonyl (C=O) groups is 1. The fourth-order valence-electron chi connectivity index (χ4n) is 1.79. The van der Waals surface area contributed by atoms with Crippen LogP contribution < -0.4 is 10.7 Å². The number of aliphatic hydroxyl groups is 1. The summed E-state index contributed by atoms with van der Waals surface area (Å²) in [6.07, 6.45) is -5.08. The van der Waals surface area contributed by atoms with Crippen LogP contribution in [0, 0.1) is 0 Å². The summed E-state index contributed by atoms with van der Waals surface area (Å²) in [6.45, 7) is 1.37. The third-order valence-corrected chi connectivity index (χ3v) is 2.78. The Morgan fingerprint density at radius 2 is 2.17 bits per heavy atom. The highest BCUT2D eigenvalue weighted by atomic mass is 19.4. The molecule has 0 aliphatic rings. The van der Waals surface area contributed by atoms with Crippen molar-refractivity contribution in [2.75, 3.05) is 25.6 Å². The van der Waals surface area contributed by atoms with E-state index in [1.54, 1.807) is 0 Å². The van der Waals surface area contributed by atoms with Crippen LogP contribution >= 0.6 is 0 Å². The van der Waals surface area contributed by atoms with E-state index in [1.807, 2.05) is 5.43 Å². The first kappa shape index (κ1) is 18.9. The Kier molecular flexibility index (Phi) is 6.98. The number of anilines is 1. The zero-order valence-corrected chi connectivity index (χ0v) is 12.6. The Bertz CT molecular complexity index is 560. The fraction of sp³-hybridized carbons (Fsp3) is 0.429. The average molecular weight is 333 g/mol. The molecule has 1 rings (SSSR count). The Morgan fingerprint density at radius 3 is 2.70 bits per heavy atom. The van der Waals surface area contributed by atoms with Crippen LogP contribution in [0.25, 0.3) is 0 Å². The Balaban J connectivity index is 3.23. The quantitative estimate of drug-likeness (QED) is 0.383. The van der Waals surface area contributed by atoms with Crippen molar-refractivity contribution in [1.82, 2.24) is 5.43 Å². The van der Waals surface area contributed by atoms with Crippen LogP contribution in [-0.4, -0.2) is 43.6 Å². The minimum atomic E-state index is -4.59. The van der Waals surface area contributed by atoms with Crippen molar-refractivity contribution in [3.63, 3.8) is 0 Å². The molecule has 0 saturated heterocycles. The van der Waals surface area contributed by atoms with Crippen LogP contribution in [-0.2, 0) is 15.7 Å². The molecule has 1 aromatic carbocycles. The Labute approximate surface area is 131 Å². The van der Waals surface area contributed by atoms with E-state index in [2.05, 4.69) is 10.4 Å². The molecule has 0 aliphatic carbocycles. The van der Waals surface area contributed by atoms with Crippen molar-refractivity contribution in [1.29, 1.82) is 0 Å². The van der Waals surface area contributed by atoms with Crippen molar-refractivity contribution in [2.45, 2.75) is 19.2 Å². The van der Waals surface area contributed by atoms with Crippen LogP contribution in [0.4, 0.5) is 18.9 Å². The van der Waals surface area contributed by atoms with Gasteiger partial charge in [-0.2, -0.15) is 18.3 Å². The Hall–Kier alpha value is -2.13. The molecule has 0 fully saturated rings. The summed E-state index contributed by atoms with van der Waals surface area (Å²) in [4.78, 5) is 10.3. The minimum Gasteiger partial charge on any atom is -0.392 e. The largest absolute Gasteiger partial charge is 0.418 e. The SMILES string of the molecule is COC/C(=N\NC=O)c1ccc(NCC(C)O)c(C(F)(F)F)c1. The van der Waals surface area contributed by atoms with Crippen molar-refractivity contribution in [3.8, 4) is 0 Å². The molecule has 1 amide bonds. The lowest BCUT2D eigenvalue weighted by Gasteiger charge is -2.17. The van der Waals surface area contributed by atoms with E-state index in [-0.39, 0.29) is 30.1 Å². The standard InChI is InChI=1S/C14H18F3N3O3/c1-9(22)6-18-12-4-3-10(5-11(12)14(15,16)17)13(7-23-2)20-19-8-21/h3-5,8-9,18,22H,6-7H2,1-2H3,(H,19,21)/b20-13+. The first-order chi connectivity index (χ1) is 10.8. The van der Waals surface area contributed by atoms with Crippen LogP contribution in [0.3, 0.4) is 0 Å². The van der Waals surface area contributed by atoms with Gasteiger partial charge in [-0.1, -0.05) is 6.07 Å². The van der Waals surface area contributed by atoms with E-state index in [9.17, 15) is 23.1 Å². The zero-order valence-electron chi connectivity index (χ0n) is 12.6. The summed E-state index contributed by atoms with van der Waals surface area (Å²) >= 11 is 0. The van der Waals surface area contributed by atoms with Gasteiger partial charge in [-0.3, -0.25) is 4.79 Å². The van der Waals surface area contributed by atoms with E-state index in [0.717, 1.165) is 6.07 Å². The third-order valence-electron chi connectivity index (χ3n) is 2.78. The highest BCUT2D eigenvalue weighted by molar-refractivity contribution is 6.02. The summed E-state index contributed by atoms with van der Waals surface area (Å²) in [6, 6.07) is 3.57. The van der Waals surface area contributed by atoms with Gasteiger partial charge < -0.3 is 15.2 Å². The topological polar surface area (TPSA) is 83.0 Å².